The molecule has 138 valence electrons. The van der Waals surface area contributed by atoms with Gasteiger partial charge in [0.2, 0.25) is 0 Å². The topological polar surface area (TPSA) is 68.5 Å². The number of nitrogens with one attached hydrogen (secondary N) is 1. The Labute approximate surface area is 162 Å². The number of hydrogen-bond acceptors (Lipinski definition) is 4. The van der Waals surface area contributed by atoms with Gasteiger partial charge in [-0.25, -0.2) is 4.98 Å². The maximum absolute atomic E-state index is 12.4. The van der Waals surface area contributed by atoms with Crippen LogP contribution in [0.5, 0.6) is 5.75 Å². The monoisotopic (exact) mass is 370 g/mol. The molecule has 0 bridgehead atoms. The number of carbonyl (C=O) groups excluding carboxylic acids is 1. The van der Waals surface area contributed by atoms with E-state index >= 15 is 0 Å². The molecule has 3 heterocycles. The van der Waals surface area contributed by atoms with Crippen LogP contribution in [0.4, 0.5) is 0 Å². The van der Waals surface area contributed by atoms with Crippen LogP contribution >= 0.6 is 0 Å². The Bertz CT molecular complexity index is 1220. The van der Waals surface area contributed by atoms with Crippen molar-refractivity contribution < 1.29 is 9.53 Å². The fraction of sp³-hybridized carbons (Fsp3) is 0.136. The van der Waals surface area contributed by atoms with Crippen LogP contribution in [0.15, 0.2) is 60.9 Å². The molecular formula is C22H18N4O2. The van der Waals surface area contributed by atoms with Crippen LogP contribution in [-0.2, 0) is 0 Å². The number of ether oxygens (including phenoxy) is 1. The summed E-state index contributed by atoms with van der Waals surface area (Å²) in [5.41, 5.74) is 2.83. The van der Waals surface area contributed by atoms with Crippen molar-refractivity contribution in [1.29, 1.82) is 0 Å². The lowest BCUT2D eigenvalue weighted by atomic mass is 10.2. The van der Waals surface area contributed by atoms with Gasteiger partial charge in [0.25, 0.3) is 5.91 Å². The normalized spacial score (nSPS) is 10.5. The Balaban J connectivity index is 1.32. The maximum atomic E-state index is 12.4. The largest absolute Gasteiger partial charge is 0.481 e. The molecule has 0 fully saturated rings. The second-order valence-corrected chi connectivity index (χ2v) is 6.16. The number of imidazole rings is 1. The van der Waals surface area contributed by atoms with Crippen molar-refractivity contribution in [3.05, 3.63) is 72.3 Å². The molecule has 0 unspecified atom stereocenters. The maximum Gasteiger partial charge on any atom is 0.270 e. The summed E-state index contributed by atoms with van der Waals surface area (Å²) >= 11 is 0. The molecule has 0 saturated heterocycles. The zero-order valence-corrected chi connectivity index (χ0v) is 15.3. The van der Waals surface area contributed by atoms with E-state index in [1.54, 1.807) is 10.6 Å². The Morgan fingerprint density at radius 2 is 2.11 bits per heavy atom. The van der Waals surface area contributed by atoms with Crippen LogP contribution in [0.3, 0.4) is 0 Å². The SMILES string of the molecule is Cc1nc2ccccn2c1C(=O)NCC#CCOc1ccc2cccnc2c1. The molecule has 4 aromatic rings. The third-order valence-electron chi connectivity index (χ3n) is 4.27. The summed E-state index contributed by atoms with van der Waals surface area (Å²) < 4.78 is 7.40. The van der Waals surface area contributed by atoms with E-state index in [9.17, 15) is 4.79 Å². The Kier molecular flexibility index (Phi) is 4.89. The average molecular weight is 370 g/mol. The Hall–Kier alpha value is -3.85. The molecule has 1 N–H and O–H groups in total. The van der Waals surface area contributed by atoms with E-state index in [1.165, 1.54) is 0 Å². The minimum absolute atomic E-state index is 0.202. The van der Waals surface area contributed by atoms with E-state index in [4.69, 9.17) is 4.74 Å². The molecule has 3 aromatic heterocycles. The number of hydrogen-bond donors (Lipinski definition) is 1. The van der Waals surface area contributed by atoms with Crippen LogP contribution in [-0.4, -0.2) is 33.4 Å². The lowest BCUT2D eigenvalue weighted by molar-refractivity contribution is 0.0952. The van der Waals surface area contributed by atoms with Gasteiger partial charge in [-0.3, -0.25) is 14.2 Å². The standard InChI is InChI=1S/C22H18N4O2/c1-16-21(26-13-4-2-8-20(26)25-16)22(27)24-11-3-5-14-28-18-10-9-17-7-6-12-23-19(17)15-18/h2,4,6-10,12-13,15H,11,14H2,1H3,(H,24,27). The fourth-order valence-corrected chi connectivity index (χ4v) is 2.96. The molecule has 0 aliphatic heterocycles. The Morgan fingerprint density at radius 3 is 3.04 bits per heavy atom. The highest BCUT2D eigenvalue weighted by atomic mass is 16.5. The molecule has 0 atom stereocenters. The highest BCUT2D eigenvalue weighted by molar-refractivity contribution is 5.94. The summed E-state index contributed by atoms with van der Waals surface area (Å²) in [5.74, 6) is 6.32. The molecule has 0 spiro atoms. The average Bonchev–Trinajstić information content (AvgIpc) is 3.06. The van der Waals surface area contributed by atoms with Gasteiger partial charge in [-0.05, 0) is 37.3 Å². The second kappa shape index (κ2) is 7.80. The molecular weight excluding hydrogens is 352 g/mol. The zero-order valence-electron chi connectivity index (χ0n) is 15.3. The van der Waals surface area contributed by atoms with Gasteiger partial charge in [-0.2, -0.15) is 0 Å². The van der Waals surface area contributed by atoms with Gasteiger partial charge < -0.3 is 10.1 Å². The van der Waals surface area contributed by atoms with E-state index in [0.29, 0.717) is 17.1 Å². The highest BCUT2D eigenvalue weighted by Gasteiger charge is 2.15. The number of nitrogens with zero attached hydrogens (tertiary/aromatic N) is 3. The van der Waals surface area contributed by atoms with Gasteiger partial charge in [0.15, 0.2) is 0 Å². The third kappa shape index (κ3) is 3.64. The van der Waals surface area contributed by atoms with E-state index < -0.39 is 0 Å². The van der Waals surface area contributed by atoms with Gasteiger partial charge in [0.05, 0.1) is 17.8 Å². The number of amides is 1. The molecule has 28 heavy (non-hydrogen) atoms. The first-order valence-corrected chi connectivity index (χ1v) is 8.87. The quantitative estimate of drug-likeness (QED) is 0.561. The molecule has 6 nitrogen and oxygen atoms in total. The minimum Gasteiger partial charge on any atom is -0.481 e. The first-order valence-electron chi connectivity index (χ1n) is 8.87. The Morgan fingerprint density at radius 1 is 1.18 bits per heavy atom. The molecule has 1 aromatic carbocycles. The van der Waals surface area contributed by atoms with Gasteiger partial charge in [0, 0.05) is 23.8 Å². The van der Waals surface area contributed by atoms with Crippen LogP contribution in [0.25, 0.3) is 16.6 Å². The minimum atomic E-state index is -0.202. The van der Waals surface area contributed by atoms with Crippen LogP contribution in [0.2, 0.25) is 0 Å². The smallest absolute Gasteiger partial charge is 0.270 e. The van der Waals surface area contributed by atoms with E-state index in [-0.39, 0.29) is 19.1 Å². The summed E-state index contributed by atoms with van der Waals surface area (Å²) in [6, 6.07) is 15.3. The molecule has 0 aliphatic carbocycles. The third-order valence-corrected chi connectivity index (χ3v) is 4.27. The fourth-order valence-electron chi connectivity index (χ4n) is 2.96. The first kappa shape index (κ1) is 17.6. The number of pyridine rings is 2. The second-order valence-electron chi connectivity index (χ2n) is 6.16. The van der Waals surface area contributed by atoms with Gasteiger partial charge in [-0.1, -0.05) is 24.0 Å². The number of benzene rings is 1. The predicted molar refractivity (Wildman–Crippen MR) is 107 cm³/mol. The van der Waals surface area contributed by atoms with Crippen molar-refractivity contribution in [3.8, 4) is 17.6 Å². The summed E-state index contributed by atoms with van der Waals surface area (Å²) in [5, 5.41) is 3.86. The molecule has 4 rings (SSSR count). The predicted octanol–water partition coefficient (Wildman–Crippen LogP) is 3.00. The van der Waals surface area contributed by atoms with E-state index in [0.717, 1.165) is 16.6 Å². The molecule has 0 radical (unpaired) electrons. The molecule has 0 saturated carbocycles. The number of aryl methyl sites for hydroxylation is 1. The van der Waals surface area contributed by atoms with Gasteiger partial charge >= 0.3 is 0 Å². The summed E-state index contributed by atoms with van der Waals surface area (Å²) in [4.78, 5) is 21.1. The van der Waals surface area contributed by atoms with Gasteiger partial charge in [-0.15, -0.1) is 0 Å². The number of aromatic nitrogens is 3. The zero-order chi connectivity index (χ0) is 19.3. The number of carbonyl (C=O) groups is 1. The number of rotatable bonds is 4. The van der Waals surface area contributed by atoms with E-state index in [2.05, 4.69) is 27.1 Å². The van der Waals surface area contributed by atoms with Crippen molar-refractivity contribution in [2.75, 3.05) is 13.2 Å². The first-order chi connectivity index (χ1) is 13.7. The summed E-state index contributed by atoms with van der Waals surface area (Å²) in [7, 11) is 0. The van der Waals surface area contributed by atoms with Crippen molar-refractivity contribution in [1.82, 2.24) is 19.7 Å². The lowest BCUT2D eigenvalue weighted by Crippen LogP contribution is -2.25. The van der Waals surface area contributed by atoms with Crippen molar-refractivity contribution in [2.24, 2.45) is 0 Å². The van der Waals surface area contributed by atoms with Crippen molar-refractivity contribution >= 4 is 22.5 Å². The van der Waals surface area contributed by atoms with Crippen LogP contribution in [0.1, 0.15) is 16.2 Å². The van der Waals surface area contributed by atoms with Crippen molar-refractivity contribution in [3.63, 3.8) is 0 Å². The van der Waals surface area contributed by atoms with Crippen molar-refractivity contribution in [2.45, 2.75) is 6.92 Å². The lowest BCUT2D eigenvalue weighted by Gasteiger charge is -2.03. The van der Waals surface area contributed by atoms with Gasteiger partial charge in [0.1, 0.15) is 23.7 Å². The highest BCUT2D eigenvalue weighted by Crippen LogP contribution is 2.18. The summed E-state index contributed by atoms with van der Waals surface area (Å²) in [6.45, 7) is 2.30. The summed E-state index contributed by atoms with van der Waals surface area (Å²) in [6.07, 6.45) is 3.57. The van der Waals surface area contributed by atoms with Crippen LogP contribution in [0, 0.1) is 18.8 Å². The molecule has 1 amide bonds. The van der Waals surface area contributed by atoms with E-state index in [1.807, 2.05) is 61.7 Å². The molecule has 0 aliphatic rings. The van der Waals surface area contributed by atoms with Crippen LogP contribution < -0.4 is 10.1 Å². The molecule has 6 heteroatoms. The number of fused-ring (bicyclic) bond motifs is 2.